The molecule has 2 aromatic heterocycles. The normalized spacial score (nSPS) is 10.5. The molecule has 0 saturated carbocycles. The van der Waals surface area contributed by atoms with E-state index in [-0.39, 0.29) is 0 Å². The number of aromatic nitrogens is 3. The summed E-state index contributed by atoms with van der Waals surface area (Å²) in [5.74, 6) is 0.799. The number of halogens is 2. The Labute approximate surface area is 98.4 Å². The van der Waals surface area contributed by atoms with Gasteiger partial charge in [0, 0.05) is 11.8 Å². The van der Waals surface area contributed by atoms with Crippen LogP contribution in [0.1, 0.15) is 5.56 Å². The average molecular weight is 317 g/mol. The highest BCUT2D eigenvalue weighted by Crippen LogP contribution is 2.25. The van der Waals surface area contributed by atoms with Crippen LogP contribution in [0.5, 0.6) is 0 Å². The van der Waals surface area contributed by atoms with Gasteiger partial charge in [0.15, 0.2) is 5.82 Å². The molecule has 0 aliphatic rings. The molecular weight excluding hydrogens is 310 g/mol. The molecule has 0 atom stereocenters. The highest BCUT2D eigenvalue weighted by atomic mass is 79.9. The van der Waals surface area contributed by atoms with E-state index >= 15 is 0 Å². The lowest BCUT2D eigenvalue weighted by molar-refractivity contribution is 0.821. The molecule has 0 aromatic carbocycles. The lowest BCUT2D eigenvalue weighted by Crippen LogP contribution is -1.98. The third-order valence-electron chi connectivity index (χ3n) is 1.86. The molecule has 0 unspecified atom stereocenters. The molecule has 0 bridgehead atoms. The Morgan fingerprint density at radius 2 is 2.07 bits per heavy atom. The quantitative estimate of drug-likeness (QED) is 0.809. The molecule has 0 N–H and O–H groups in total. The van der Waals surface area contributed by atoms with Crippen LogP contribution in [-0.4, -0.2) is 14.8 Å². The van der Waals surface area contributed by atoms with E-state index in [9.17, 15) is 0 Å². The van der Waals surface area contributed by atoms with Crippen molar-refractivity contribution >= 4 is 31.9 Å². The highest BCUT2D eigenvalue weighted by Gasteiger charge is 2.11. The van der Waals surface area contributed by atoms with Crippen molar-refractivity contribution in [3.63, 3.8) is 0 Å². The summed E-state index contributed by atoms with van der Waals surface area (Å²) in [5.41, 5.74) is 1.07. The predicted molar refractivity (Wildman–Crippen MR) is 61.5 cm³/mol. The molecule has 2 heterocycles. The summed E-state index contributed by atoms with van der Waals surface area (Å²) in [7, 11) is 0. The summed E-state index contributed by atoms with van der Waals surface area (Å²) >= 11 is 6.84. The van der Waals surface area contributed by atoms with Crippen LogP contribution >= 0.6 is 31.9 Å². The van der Waals surface area contributed by atoms with E-state index in [4.69, 9.17) is 0 Å². The smallest absolute Gasteiger partial charge is 0.154 e. The molecule has 0 saturated heterocycles. The summed E-state index contributed by atoms with van der Waals surface area (Å²) in [6.07, 6.45) is 1.74. The van der Waals surface area contributed by atoms with Gasteiger partial charge in [-0.1, -0.05) is 6.07 Å². The van der Waals surface area contributed by atoms with Crippen LogP contribution in [0.4, 0.5) is 0 Å². The van der Waals surface area contributed by atoms with E-state index in [1.807, 2.05) is 25.1 Å². The van der Waals surface area contributed by atoms with Crippen LogP contribution in [-0.2, 0) is 0 Å². The van der Waals surface area contributed by atoms with E-state index in [0.717, 1.165) is 20.6 Å². The van der Waals surface area contributed by atoms with E-state index in [1.165, 1.54) is 0 Å². The van der Waals surface area contributed by atoms with Gasteiger partial charge in [0.2, 0.25) is 0 Å². The minimum absolute atomic E-state index is 0.799. The van der Waals surface area contributed by atoms with Crippen molar-refractivity contribution < 1.29 is 0 Å². The monoisotopic (exact) mass is 315 g/mol. The van der Waals surface area contributed by atoms with Gasteiger partial charge < -0.3 is 0 Å². The number of nitrogens with zero attached hydrogens (tertiary/aromatic N) is 3. The van der Waals surface area contributed by atoms with Crippen LogP contribution in [0.3, 0.4) is 0 Å². The van der Waals surface area contributed by atoms with Crippen LogP contribution in [0.25, 0.3) is 5.82 Å². The molecule has 0 aliphatic heterocycles. The fraction of sp³-hybridized carbons (Fsp3) is 0.111. The Kier molecular flexibility index (Phi) is 2.69. The van der Waals surface area contributed by atoms with Crippen molar-refractivity contribution in [2.75, 3.05) is 0 Å². The van der Waals surface area contributed by atoms with Gasteiger partial charge in [-0.05, 0) is 50.9 Å². The summed E-state index contributed by atoms with van der Waals surface area (Å²) in [5, 5.41) is 4.30. The molecule has 5 heteroatoms. The molecule has 2 rings (SSSR count). The Hall–Kier alpha value is -0.680. The molecule has 0 spiro atoms. The van der Waals surface area contributed by atoms with Gasteiger partial charge in [-0.2, -0.15) is 5.10 Å². The molecule has 3 nitrogen and oxygen atoms in total. The maximum atomic E-state index is 4.30. The zero-order chi connectivity index (χ0) is 10.1. The van der Waals surface area contributed by atoms with E-state index in [0.29, 0.717) is 0 Å². The second-order valence-corrected chi connectivity index (χ2v) is 4.31. The van der Waals surface area contributed by atoms with Crippen LogP contribution in [0, 0.1) is 6.92 Å². The Bertz CT molecular complexity index is 451. The SMILES string of the molecule is Cc1c(Br)nn(-c2ccccn2)c1Br. The van der Waals surface area contributed by atoms with Gasteiger partial charge >= 0.3 is 0 Å². The van der Waals surface area contributed by atoms with E-state index < -0.39 is 0 Å². The van der Waals surface area contributed by atoms with E-state index in [1.54, 1.807) is 10.9 Å². The van der Waals surface area contributed by atoms with Crippen molar-refractivity contribution in [1.29, 1.82) is 0 Å². The molecule has 14 heavy (non-hydrogen) atoms. The maximum absolute atomic E-state index is 4.30. The summed E-state index contributed by atoms with van der Waals surface area (Å²) < 4.78 is 3.50. The lowest BCUT2D eigenvalue weighted by Gasteiger charge is -2.00. The first-order chi connectivity index (χ1) is 6.70. The first-order valence-corrected chi connectivity index (χ1v) is 5.61. The summed E-state index contributed by atoms with van der Waals surface area (Å²) in [4.78, 5) is 4.21. The fourth-order valence-corrected chi connectivity index (χ4v) is 2.14. The van der Waals surface area contributed by atoms with Crippen molar-refractivity contribution in [1.82, 2.24) is 14.8 Å². The molecular formula is C9H7Br2N3. The topological polar surface area (TPSA) is 30.7 Å². The number of hydrogen-bond acceptors (Lipinski definition) is 2. The number of rotatable bonds is 1. The van der Waals surface area contributed by atoms with Crippen molar-refractivity contribution in [2.24, 2.45) is 0 Å². The first kappa shape index (κ1) is 9.86. The Morgan fingerprint density at radius 3 is 2.57 bits per heavy atom. The fourth-order valence-electron chi connectivity index (χ4n) is 1.08. The van der Waals surface area contributed by atoms with E-state index in [2.05, 4.69) is 41.9 Å². The number of hydrogen-bond donors (Lipinski definition) is 0. The molecule has 2 aromatic rings. The van der Waals surface area contributed by atoms with Crippen molar-refractivity contribution in [3.8, 4) is 5.82 Å². The zero-order valence-corrected chi connectivity index (χ0v) is 10.6. The third-order valence-corrected chi connectivity index (χ3v) is 3.54. The van der Waals surface area contributed by atoms with Gasteiger partial charge in [0.05, 0.1) is 0 Å². The molecule has 0 aliphatic carbocycles. The number of pyridine rings is 1. The van der Waals surface area contributed by atoms with Crippen LogP contribution < -0.4 is 0 Å². The predicted octanol–water partition coefficient (Wildman–Crippen LogP) is 3.10. The average Bonchev–Trinajstić information content (AvgIpc) is 2.47. The molecule has 0 radical (unpaired) electrons. The summed E-state index contributed by atoms with van der Waals surface area (Å²) in [6.45, 7) is 1.99. The second-order valence-electron chi connectivity index (χ2n) is 2.81. The van der Waals surface area contributed by atoms with Gasteiger partial charge in [-0.15, -0.1) is 0 Å². The molecule has 0 fully saturated rings. The van der Waals surface area contributed by atoms with Crippen LogP contribution in [0.2, 0.25) is 0 Å². The molecule has 0 amide bonds. The molecule has 72 valence electrons. The van der Waals surface area contributed by atoms with Crippen molar-refractivity contribution in [2.45, 2.75) is 6.92 Å². The lowest BCUT2D eigenvalue weighted by atomic mass is 10.4. The van der Waals surface area contributed by atoms with Gasteiger partial charge in [0.25, 0.3) is 0 Å². The maximum Gasteiger partial charge on any atom is 0.154 e. The first-order valence-electron chi connectivity index (χ1n) is 4.02. The van der Waals surface area contributed by atoms with Gasteiger partial charge in [0.1, 0.15) is 9.21 Å². The second kappa shape index (κ2) is 3.82. The highest BCUT2D eigenvalue weighted by molar-refractivity contribution is 9.11. The van der Waals surface area contributed by atoms with Crippen molar-refractivity contribution in [3.05, 3.63) is 39.2 Å². The largest absolute Gasteiger partial charge is 0.237 e. The minimum atomic E-state index is 0.799. The third kappa shape index (κ3) is 1.62. The zero-order valence-electron chi connectivity index (χ0n) is 7.41. The minimum Gasteiger partial charge on any atom is -0.237 e. The summed E-state index contributed by atoms with van der Waals surface area (Å²) in [6, 6.07) is 5.71. The Morgan fingerprint density at radius 1 is 1.29 bits per heavy atom. The Balaban J connectivity index is 2.58. The van der Waals surface area contributed by atoms with Gasteiger partial charge in [-0.3, -0.25) is 0 Å². The standard InChI is InChI=1S/C9H7Br2N3/c1-6-8(10)13-14(9(6)11)7-4-2-3-5-12-7/h2-5H,1H3. The van der Waals surface area contributed by atoms with Gasteiger partial charge in [-0.25, -0.2) is 9.67 Å². The van der Waals surface area contributed by atoms with Crippen LogP contribution in [0.15, 0.2) is 33.6 Å².